The molecule has 0 radical (unpaired) electrons. The summed E-state index contributed by atoms with van der Waals surface area (Å²) >= 11 is 0. The summed E-state index contributed by atoms with van der Waals surface area (Å²) in [5, 5.41) is 10.5. The number of rotatable bonds is 7. The predicted molar refractivity (Wildman–Crippen MR) is 68.1 cm³/mol. The standard InChI is InChI=1S/C11H21N5O/c1-12-11(14-7-10-17-2)13-5-3-8-16-9-4-6-15-16/h4,6,9H,3,5,7-8,10H2,1-2H3,(H2,12,13,14). The van der Waals surface area contributed by atoms with Gasteiger partial charge >= 0.3 is 0 Å². The molecule has 0 unspecified atom stereocenters. The van der Waals surface area contributed by atoms with E-state index < -0.39 is 0 Å². The average Bonchev–Trinajstić information content (AvgIpc) is 2.85. The summed E-state index contributed by atoms with van der Waals surface area (Å²) in [6.45, 7) is 3.21. The van der Waals surface area contributed by atoms with Crippen molar-refractivity contribution in [3.05, 3.63) is 18.5 Å². The van der Waals surface area contributed by atoms with Crippen molar-refractivity contribution < 1.29 is 4.74 Å². The summed E-state index contributed by atoms with van der Waals surface area (Å²) < 4.78 is 6.87. The van der Waals surface area contributed by atoms with E-state index in [1.165, 1.54) is 0 Å². The number of methoxy groups -OCH3 is 1. The van der Waals surface area contributed by atoms with Crippen molar-refractivity contribution >= 4 is 5.96 Å². The number of hydrogen-bond acceptors (Lipinski definition) is 3. The highest BCUT2D eigenvalue weighted by atomic mass is 16.5. The zero-order chi connectivity index (χ0) is 12.3. The Morgan fingerprint density at radius 3 is 2.88 bits per heavy atom. The van der Waals surface area contributed by atoms with Gasteiger partial charge in [0.25, 0.3) is 0 Å². The summed E-state index contributed by atoms with van der Waals surface area (Å²) in [5.41, 5.74) is 0. The molecule has 0 saturated carbocycles. The molecule has 0 aliphatic carbocycles. The fourth-order valence-corrected chi connectivity index (χ4v) is 1.37. The van der Waals surface area contributed by atoms with E-state index in [0.29, 0.717) is 6.61 Å². The highest BCUT2D eigenvalue weighted by Crippen LogP contribution is 1.87. The van der Waals surface area contributed by atoms with Crippen molar-refractivity contribution in [1.29, 1.82) is 0 Å². The van der Waals surface area contributed by atoms with Crippen LogP contribution in [0.3, 0.4) is 0 Å². The normalized spacial score (nSPS) is 11.5. The second kappa shape index (κ2) is 8.58. The van der Waals surface area contributed by atoms with E-state index in [1.807, 2.05) is 16.9 Å². The summed E-state index contributed by atoms with van der Waals surface area (Å²) in [6.07, 6.45) is 4.76. The maximum Gasteiger partial charge on any atom is 0.191 e. The Bertz CT molecular complexity index is 310. The molecule has 96 valence electrons. The number of aromatic nitrogens is 2. The minimum absolute atomic E-state index is 0.675. The minimum Gasteiger partial charge on any atom is -0.383 e. The molecular formula is C11H21N5O. The zero-order valence-corrected chi connectivity index (χ0v) is 10.5. The Kier molecular flexibility index (Phi) is 6.81. The van der Waals surface area contributed by atoms with Crippen LogP contribution in [0.5, 0.6) is 0 Å². The molecule has 1 aromatic rings. The van der Waals surface area contributed by atoms with Gasteiger partial charge in [0.1, 0.15) is 0 Å². The highest BCUT2D eigenvalue weighted by Gasteiger charge is 1.96. The third-order valence-electron chi connectivity index (χ3n) is 2.24. The Balaban J connectivity index is 2.07. The Hall–Kier alpha value is -1.56. The summed E-state index contributed by atoms with van der Waals surface area (Å²) in [7, 11) is 3.44. The van der Waals surface area contributed by atoms with Crippen molar-refractivity contribution in [2.45, 2.75) is 13.0 Å². The van der Waals surface area contributed by atoms with Gasteiger partial charge in [-0.25, -0.2) is 0 Å². The molecule has 0 fully saturated rings. The molecule has 0 aliphatic heterocycles. The molecule has 0 spiro atoms. The lowest BCUT2D eigenvalue weighted by molar-refractivity contribution is 0.203. The van der Waals surface area contributed by atoms with E-state index >= 15 is 0 Å². The first-order chi connectivity index (χ1) is 8.36. The van der Waals surface area contributed by atoms with Crippen LogP contribution in [-0.2, 0) is 11.3 Å². The van der Waals surface area contributed by atoms with Crippen LogP contribution in [0.15, 0.2) is 23.5 Å². The molecule has 1 rings (SSSR count). The monoisotopic (exact) mass is 239 g/mol. The summed E-state index contributed by atoms with van der Waals surface area (Å²) in [5.74, 6) is 0.808. The smallest absolute Gasteiger partial charge is 0.191 e. The van der Waals surface area contributed by atoms with Crippen LogP contribution in [0.1, 0.15) is 6.42 Å². The van der Waals surface area contributed by atoms with Crippen LogP contribution in [-0.4, -0.2) is 49.6 Å². The molecule has 0 aromatic carbocycles. The number of nitrogens with zero attached hydrogens (tertiary/aromatic N) is 3. The fraction of sp³-hybridized carbons (Fsp3) is 0.636. The molecule has 6 nitrogen and oxygen atoms in total. The number of nitrogens with one attached hydrogen (secondary N) is 2. The Morgan fingerprint density at radius 1 is 1.41 bits per heavy atom. The van der Waals surface area contributed by atoms with Gasteiger partial charge in [-0.05, 0) is 12.5 Å². The summed E-state index contributed by atoms with van der Waals surface area (Å²) in [4.78, 5) is 4.11. The van der Waals surface area contributed by atoms with Crippen LogP contribution in [0, 0.1) is 0 Å². The van der Waals surface area contributed by atoms with Gasteiger partial charge in [0.2, 0.25) is 0 Å². The highest BCUT2D eigenvalue weighted by molar-refractivity contribution is 5.79. The lowest BCUT2D eigenvalue weighted by Crippen LogP contribution is -2.39. The Morgan fingerprint density at radius 2 is 2.24 bits per heavy atom. The molecule has 0 atom stereocenters. The number of aryl methyl sites for hydroxylation is 1. The van der Waals surface area contributed by atoms with Gasteiger partial charge < -0.3 is 15.4 Å². The maximum absolute atomic E-state index is 4.95. The molecule has 1 aromatic heterocycles. The van der Waals surface area contributed by atoms with Gasteiger partial charge in [0.05, 0.1) is 6.61 Å². The topological polar surface area (TPSA) is 63.5 Å². The quantitative estimate of drug-likeness (QED) is 0.402. The average molecular weight is 239 g/mol. The molecule has 1 heterocycles. The fourth-order valence-electron chi connectivity index (χ4n) is 1.37. The zero-order valence-electron chi connectivity index (χ0n) is 10.5. The first-order valence-corrected chi connectivity index (χ1v) is 5.77. The van der Waals surface area contributed by atoms with Crippen molar-refractivity contribution in [1.82, 2.24) is 20.4 Å². The van der Waals surface area contributed by atoms with E-state index in [2.05, 4.69) is 20.7 Å². The molecule has 0 amide bonds. The molecule has 0 aliphatic rings. The van der Waals surface area contributed by atoms with Crippen LogP contribution in [0.25, 0.3) is 0 Å². The van der Waals surface area contributed by atoms with Crippen LogP contribution in [0.4, 0.5) is 0 Å². The third kappa shape index (κ3) is 5.91. The van der Waals surface area contributed by atoms with Gasteiger partial charge in [-0.3, -0.25) is 9.67 Å². The first kappa shape index (κ1) is 13.5. The molecular weight excluding hydrogens is 218 g/mol. The number of ether oxygens (including phenoxy) is 1. The number of guanidine groups is 1. The van der Waals surface area contributed by atoms with Crippen LogP contribution in [0.2, 0.25) is 0 Å². The number of hydrogen-bond donors (Lipinski definition) is 2. The second-order valence-electron chi connectivity index (χ2n) is 3.54. The van der Waals surface area contributed by atoms with Crippen molar-refractivity contribution in [3.63, 3.8) is 0 Å². The third-order valence-corrected chi connectivity index (χ3v) is 2.24. The van der Waals surface area contributed by atoms with Gasteiger partial charge in [-0.15, -0.1) is 0 Å². The molecule has 0 saturated heterocycles. The summed E-state index contributed by atoms with van der Waals surface area (Å²) in [6, 6.07) is 1.93. The lowest BCUT2D eigenvalue weighted by Gasteiger charge is -2.11. The van der Waals surface area contributed by atoms with Gasteiger partial charge in [0, 0.05) is 46.2 Å². The minimum atomic E-state index is 0.675. The maximum atomic E-state index is 4.95. The van der Waals surface area contributed by atoms with E-state index in [9.17, 15) is 0 Å². The van der Waals surface area contributed by atoms with E-state index in [-0.39, 0.29) is 0 Å². The van der Waals surface area contributed by atoms with Crippen LogP contribution < -0.4 is 10.6 Å². The largest absolute Gasteiger partial charge is 0.383 e. The van der Waals surface area contributed by atoms with Gasteiger partial charge in [-0.1, -0.05) is 0 Å². The van der Waals surface area contributed by atoms with E-state index in [4.69, 9.17) is 4.74 Å². The first-order valence-electron chi connectivity index (χ1n) is 5.77. The second-order valence-corrected chi connectivity index (χ2v) is 3.54. The molecule has 6 heteroatoms. The van der Waals surface area contributed by atoms with Crippen molar-refractivity contribution in [3.8, 4) is 0 Å². The Labute approximate surface area is 102 Å². The molecule has 0 bridgehead atoms. The predicted octanol–water partition coefficient (Wildman–Crippen LogP) is 0.0846. The number of aliphatic imine (C=N–C) groups is 1. The van der Waals surface area contributed by atoms with Crippen LogP contribution >= 0.6 is 0 Å². The van der Waals surface area contributed by atoms with Crippen molar-refractivity contribution in [2.24, 2.45) is 4.99 Å². The lowest BCUT2D eigenvalue weighted by atomic mass is 10.4. The van der Waals surface area contributed by atoms with E-state index in [0.717, 1.165) is 32.0 Å². The molecule has 17 heavy (non-hydrogen) atoms. The van der Waals surface area contributed by atoms with E-state index in [1.54, 1.807) is 20.4 Å². The molecule has 2 N–H and O–H groups in total. The van der Waals surface area contributed by atoms with Gasteiger partial charge in [0.15, 0.2) is 5.96 Å². The SMILES string of the molecule is CN=C(NCCCn1cccn1)NCCOC. The van der Waals surface area contributed by atoms with Crippen molar-refractivity contribution in [2.75, 3.05) is 33.9 Å². The van der Waals surface area contributed by atoms with Gasteiger partial charge in [-0.2, -0.15) is 5.10 Å².